The van der Waals surface area contributed by atoms with Crippen LogP contribution in [0, 0.1) is 5.92 Å². The highest BCUT2D eigenvalue weighted by Gasteiger charge is 2.12. The van der Waals surface area contributed by atoms with Crippen molar-refractivity contribution in [2.24, 2.45) is 5.92 Å². The first-order valence-electron chi connectivity index (χ1n) is 14.3. The van der Waals surface area contributed by atoms with E-state index >= 15 is 0 Å². The summed E-state index contributed by atoms with van der Waals surface area (Å²) in [7, 11) is 0. The molecule has 2 aromatic rings. The monoisotopic (exact) mass is 469 g/mol. The van der Waals surface area contributed by atoms with Gasteiger partial charge in [-0.15, -0.1) is 0 Å². The Kier molecular flexibility index (Phi) is 14.7. The molecular formula is C30H51N3O. The van der Waals surface area contributed by atoms with E-state index in [0.717, 1.165) is 17.9 Å². The fourth-order valence-electron chi connectivity index (χ4n) is 4.70. The minimum Gasteiger partial charge on any atom is -0.349 e. The van der Waals surface area contributed by atoms with Gasteiger partial charge in [-0.1, -0.05) is 129 Å². The third-order valence-corrected chi connectivity index (χ3v) is 6.91. The number of nitrogens with zero attached hydrogens (tertiary/aromatic N) is 2. The lowest BCUT2D eigenvalue weighted by atomic mass is 10.0. The SMILES string of the molecule is CCCCCCCCCCCCCCCCCCn1c(CNC(=O)C(C)C)nc2ccccc21. The van der Waals surface area contributed by atoms with Crippen LogP contribution in [0.25, 0.3) is 11.0 Å². The number of amides is 1. The van der Waals surface area contributed by atoms with Gasteiger partial charge in [-0.05, 0) is 18.6 Å². The van der Waals surface area contributed by atoms with Gasteiger partial charge in [-0.25, -0.2) is 4.98 Å². The fourth-order valence-corrected chi connectivity index (χ4v) is 4.70. The summed E-state index contributed by atoms with van der Waals surface area (Å²) in [6.07, 6.45) is 22.2. The lowest BCUT2D eigenvalue weighted by Crippen LogP contribution is -2.28. The van der Waals surface area contributed by atoms with E-state index in [1.54, 1.807) is 0 Å². The van der Waals surface area contributed by atoms with Crippen molar-refractivity contribution in [1.82, 2.24) is 14.9 Å². The minimum absolute atomic E-state index is 0.00171. The van der Waals surface area contributed by atoms with Gasteiger partial charge < -0.3 is 9.88 Å². The zero-order chi connectivity index (χ0) is 24.4. The lowest BCUT2D eigenvalue weighted by Gasteiger charge is -2.11. The standard InChI is InChI=1S/C30H51N3O/c1-4-5-6-7-8-9-10-11-12-13-14-15-16-17-18-21-24-33-28-23-20-19-22-27(28)32-29(33)25-31-30(34)26(2)3/h19-20,22-23,26H,4-18,21,24-25H2,1-3H3,(H,31,34). The van der Waals surface area contributed by atoms with Crippen LogP contribution in [0.5, 0.6) is 0 Å². The maximum Gasteiger partial charge on any atom is 0.222 e. The molecule has 0 aliphatic carbocycles. The Hall–Kier alpha value is -1.84. The quantitative estimate of drug-likeness (QED) is 0.197. The topological polar surface area (TPSA) is 46.9 Å². The molecule has 0 atom stereocenters. The molecule has 0 fully saturated rings. The van der Waals surface area contributed by atoms with Gasteiger partial charge in [0.1, 0.15) is 5.82 Å². The van der Waals surface area contributed by atoms with Crippen LogP contribution in [-0.2, 0) is 17.9 Å². The summed E-state index contributed by atoms with van der Waals surface area (Å²) in [6.45, 7) is 7.62. The molecule has 0 unspecified atom stereocenters. The molecule has 1 heterocycles. The molecule has 0 aliphatic rings. The third kappa shape index (κ3) is 11.1. The number of hydrogen-bond acceptors (Lipinski definition) is 2. The normalized spacial score (nSPS) is 11.5. The van der Waals surface area contributed by atoms with Crippen molar-refractivity contribution < 1.29 is 4.79 Å². The van der Waals surface area contributed by atoms with E-state index in [1.807, 2.05) is 19.9 Å². The van der Waals surface area contributed by atoms with E-state index < -0.39 is 0 Å². The largest absolute Gasteiger partial charge is 0.349 e. The van der Waals surface area contributed by atoms with Crippen LogP contribution in [0.3, 0.4) is 0 Å². The molecule has 1 N–H and O–H groups in total. The Labute approximate surface area is 209 Å². The number of benzene rings is 1. The maximum atomic E-state index is 12.0. The van der Waals surface area contributed by atoms with Crippen molar-refractivity contribution in [3.05, 3.63) is 30.1 Å². The van der Waals surface area contributed by atoms with Gasteiger partial charge in [-0.3, -0.25) is 4.79 Å². The summed E-state index contributed by atoms with van der Waals surface area (Å²) in [5, 5.41) is 3.03. The van der Waals surface area contributed by atoms with Crippen molar-refractivity contribution in [3.63, 3.8) is 0 Å². The van der Waals surface area contributed by atoms with Crippen molar-refractivity contribution in [2.75, 3.05) is 0 Å². The smallest absolute Gasteiger partial charge is 0.222 e. The van der Waals surface area contributed by atoms with Crippen molar-refractivity contribution in [3.8, 4) is 0 Å². The predicted octanol–water partition coefficient (Wildman–Crippen LogP) is 8.57. The molecule has 4 nitrogen and oxygen atoms in total. The maximum absolute atomic E-state index is 12.0. The summed E-state index contributed by atoms with van der Waals surface area (Å²) in [4.78, 5) is 16.8. The Morgan fingerprint density at radius 2 is 1.29 bits per heavy atom. The van der Waals surface area contributed by atoms with Gasteiger partial charge in [0, 0.05) is 12.5 Å². The Morgan fingerprint density at radius 1 is 0.794 bits per heavy atom. The number of aromatic nitrogens is 2. The number of aryl methyl sites for hydroxylation is 1. The first-order valence-corrected chi connectivity index (χ1v) is 14.3. The first kappa shape index (κ1) is 28.4. The van der Waals surface area contributed by atoms with E-state index in [-0.39, 0.29) is 11.8 Å². The van der Waals surface area contributed by atoms with E-state index in [1.165, 1.54) is 108 Å². The molecule has 0 radical (unpaired) electrons. The molecule has 1 aromatic heterocycles. The van der Waals surface area contributed by atoms with Crippen LogP contribution in [0.4, 0.5) is 0 Å². The molecule has 4 heteroatoms. The first-order chi connectivity index (χ1) is 16.6. The summed E-state index contributed by atoms with van der Waals surface area (Å²) in [5.74, 6) is 1.05. The molecule has 0 saturated heterocycles. The average molecular weight is 470 g/mol. The van der Waals surface area contributed by atoms with Crippen LogP contribution in [0.2, 0.25) is 0 Å². The summed E-state index contributed by atoms with van der Waals surface area (Å²) in [6, 6.07) is 8.31. The predicted molar refractivity (Wildman–Crippen MR) is 146 cm³/mol. The number of nitrogens with one attached hydrogen (secondary N) is 1. The Morgan fingerprint density at radius 3 is 1.82 bits per heavy atom. The number of para-hydroxylation sites is 2. The van der Waals surface area contributed by atoms with Gasteiger partial charge in [0.15, 0.2) is 0 Å². The van der Waals surface area contributed by atoms with E-state index in [4.69, 9.17) is 4.98 Å². The summed E-state index contributed by atoms with van der Waals surface area (Å²) >= 11 is 0. The zero-order valence-corrected chi connectivity index (χ0v) is 22.4. The van der Waals surface area contributed by atoms with Crippen LogP contribution in [-0.4, -0.2) is 15.5 Å². The molecule has 1 aromatic carbocycles. The van der Waals surface area contributed by atoms with Gasteiger partial charge in [0.05, 0.1) is 17.6 Å². The molecule has 0 saturated carbocycles. The lowest BCUT2D eigenvalue weighted by molar-refractivity contribution is -0.124. The highest BCUT2D eigenvalue weighted by molar-refractivity contribution is 5.78. The number of carbonyl (C=O) groups excluding carboxylic acids is 1. The summed E-state index contributed by atoms with van der Waals surface area (Å²) in [5.41, 5.74) is 2.20. The highest BCUT2D eigenvalue weighted by atomic mass is 16.1. The summed E-state index contributed by atoms with van der Waals surface area (Å²) < 4.78 is 2.31. The molecule has 2 rings (SSSR count). The van der Waals surface area contributed by atoms with Crippen LogP contribution < -0.4 is 5.32 Å². The Bertz CT molecular complexity index is 795. The van der Waals surface area contributed by atoms with Crippen molar-refractivity contribution >= 4 is 16.9 Å². The van der Waals surface area contributed by atoms with Gasteiger partial charge in [0.25, 0.3) is 0 Å². The highest BCUT2D eigenvalue weighted by Crippen LogP contribution is 2.18. The van der Waals surface area contributed by atoms with E-state index in [9.17, 15) is 4.79 Å². The number of rotatable bonds is 20. The molecule has 0 bridgehead atoms. The second-order valence-electron chi connectivity index (χ2n) is 10.3. The fraction of sp³-hybridized carbons (Fsp3) is 0.733. The molecule has 192 valence electrons. The zero-order valence-electron chi connectivity index (χ0n) is 22.4. The van der Waals surface area contributed by atoms with Crippen LogP contribution in [0.15, 0.2) is 24.3 Å². The molecule has 0 aliphatic heterocycles. The Balaban J connectivity index is 1.55. The third-order valence-electron chi connectivity index (χ3n) is 6.91. The second kappa shape index (κ2) is 17.6. The van der Waals surface area contributed by atoms with Gasteiger partial charge >= 0.3 is 0 Å². The van der Waals surface area contributed by atoms with Gasteiger partial charge in [0.2, 0.25) is 5.91 Å². The number of imidazole rings is 1. The number of carbonyl (C=O) groups is 1. The molecular weight excluding hydrogens is 418 g/mol. The molecule has 34 heavy (non-hydrogen) atoms. The number of unbranched alkanes of at least 4 members (excludes halogenated alkanes) is 15. The molecule has 0 spiro atoms. The van der Waals surface area contributed by atoms with Gasteiger partial charge in [-0.2, -0.15) is 0 Å². The van der Waals surface area contributed by atoms with Crippen LogP contribution >= 0.6 is 0 Å². The average Bonchev–Trinajstić information content (AvgIpc) is 3.19. The van der Waals surface area contributed by atoms with E-state index in [2.05, 4.69) is 35.0 Å². The van der Waals surface area contributed by atoms with Crippen molar-refractivity contribution in [2.45, 2.75) is 137 Å². The molecule has 1 amide bonds. The van der Waals surface area contributed by atoms with Crippen LogP contribution in [0.1, 0.15) is 129 Å². The number of hydrogen-bond donors (Lipinski definition) is 1. The number of fused-ring (bicyclic) bond motifs is 1. The van der Waals surface area contributed by atoms with Crippen molar-refractivity contribution in [1.29, 1.82) is 0 Å². The minimum atomic E-state index is -0.00171. The van der Waals surface area contributed by atoms with E-state index in [0.29, 0.717) is 6.54 Å². The second-order valence-corrected chi connectivity index (χ2v) is 10.3.